The molecule has 2 fully saturated rings. The lowest BCUT2D eigenvalue weighted by atomic mass is 9.85. The average molecular weight is 284 g/mol. The van der Waals surface area contributed by atoms with Gasteiger partial charge in [-0.05, 0) is 19.8 Å². The molecule has 2 heterocycles. The maximum Gasteiger partial charge on any atom is 0.317 e. The molecule has 0 aromatic rings. The normalized spacial score (nSPS) is 31.4. The van der Waals surface area contributed by atoms with Crippen LogP contribution in [0.1, 0.15) is 39.0 Å². The van der Waals surface area contributed by atoms with Gasteiger partial charge in [-0.3, -0.25) is 4.79 Å². The van der Waals surface area contributed by atoms with E-state index in [4.69, 9.17) is 4.74 Å². The first-order valence-corrected chi connectivity index (χ1v) is 7.40. The van der Waals surface area contributed by atoms with E-state index in [-0.39, 0.29) is 19.2 Å². The van der Waals surface area contributed by atoms with Crippen molar-refractivity contribution in [2.45, 2.75) is 45.1 Å². The third-order valence-corrected chi connectivity index (χ3v) is 4.39. The zero-order valence-electron chi connectivity index (χ0n) is 12.1. The molecule has 0 radical (unpaired) electrons. The summed E-state index contributed by atoms with van der Waals surface area (Å²) in [7, 11) is 0. The van der Waals surface area contributed by atoms with Gasteiger partial charge in [-0.1, -0.05) is 19.3 Å². The fourth-order valence-electron chi connectivity index (χ4n) is 2.78. The molecule has 2 amide bonds. The number of carbonyl (C=O) groups excluding carboxylic acids is 1. The second kappa shape index (κ2) is 6.43. The predicted molar refractivity (Wildman–Crippen MR) is 73.5 cm³/mol. The van der Waals surface area contributed by atoms with E-state index in [1.54, 1.807) is 11.8 Å². The van der Waals surface area contributed by atoms with Gasteiger partial charge in [-0.25, -0.2) is 4.79 Å². The number of nitrogens with zero attached hydrogens (tertiary/aromatic N) is 1. The number of amides is 2. The van der Waals surface area contributed by atoms with Crippen LogP contribution in [0.15, 0.2) is 0 Å². The quantitative estimate of drug-likeness (QED) is 0.804. The van der Waals surface area contributed by atoms with Crippen LogP contribution in [0.2, 0.25) is 0 Å². The minimum atomic E-state index is -1.03. The number of urea groups is 1. The van der Waals surface area contributed by atoms with E-state index < -0.39 is 17.4 Å². The van der Waals surface area contributed by atoms with Crippen LogP contribution in [-0.2, 0) is 9.53 Å². The molecule has 114 valence electrons. The number of hydrogen-bond acceptors (Lipinski definition) is 3. The number of rotatable bonds is 2. The molecule has 0 aliphatic carbocycles. The molecule has 6 heteroatoms. The first-order chi connectivity index (χ1) is 9.54. The van der Waals surface area contributed by atoms with Crippen molar-refractivity contribution in [1.29, 1.82) is 0 Å². The Morgan fingerprint density at radius 3 is 2.40 bits per heavy atom. The van der Waals surface area contributed by atoms with Gasteiger partial charge in [0.2, 0.25) is 0 Å². The molecule has 2 N–H and O–H groups in total. The summed E-state index contributed by atoms with van der Waals surface area (Å²) < 4.78 is 5.25. The molecule has 2 unspecified atom stereocenters. The summed E-state index contributed by atoms with van der Waals surface area (Å²) in [4.78, 5) is 25.4. The minimum Gasteiger partial charge on any atom is -0.481 e. The number of carbonyl (C=O) groups is 2. The number of carboxylic acids is 1. The maximum absolute atomic E-state index is 12.3. The van der Waals surface area contributed by atoms with Crippen molar-refractivity contribution in [3.63, 3.8) is 0 Å². The van der Waals surface area contributed by atoms with Crippen LogP contribution < -0.4 is 5.32 Å². The average Bonchev–Trinajstić information content (AvgIpc) is 2.71. The van der Waals surface area contributed by atoms with E-state index >= 15 is 0 Å². The number of hydrogen-bond donors (Lipinski definition) is 2. The molecule has 20 heavy (non-hydrogen) atoms. The fourth-order valence-corrected chi connectivity index (χ4v) is 2.78. The summed E-state index contributed by atoms with van der Waals surface area (Å²) >= 11 is 0. The monoisotopic (exact) mass is 284 g/mol. The van der Waals surface area contributed by atoms with Gasteiger partial charge in [-0.15, -0.1) is 0 Å². The molecule has 2 aliphatic heterocycles. The molecular formula is C14H24N2O4. The summed E-state index contributed by atoms with van der Waals surface area (Å²) in [5.74, 6) is -0.923. The van der Waals surface area contributed by atoms with Gasteiger partial charge in [0, 0.05) is 13.1 Å². The highest BCUT2D eigenvalue weighted by molar-refractivity contribution is 5.79. The first kappa shape index (κ1) is 15.1. The van der Waals surface area contributed by atoms with Gasteiger partial charge in [0.25, 0.3) is 0 Å². The Kier molecular flexibility index (Phi) is 4.86. The van der Waals surface area contributed by atoms with E-state index in [0.717, 1.165) is 38.8 Å². The smallest absolute Gasteiger partial charge is 0.317 e. The van der Waals surface area contributed by atoms with E-state index in [2.05, 4.69) is 5.32 Å². The van der Waals surface area contributed by atoms with Crippen LogP contribution in [0.5, 0.6) is 0 Å². The second-order valence-electron chi connectivity index (χ2n) is 5.99. The van der Waals surface area contributed by atoms with Gasteiger partial charge in [0.1, 0.15) is 5.41 Å². The van der Waals surface area contributed by atoms with E-state index in [1.165, 1.54) is 6.42 Å². The van der Waals surface area contributed by atoms with Gasteiger partial charge in [-0.2, -0.15) is 0 Å². The molecule has 0 spiro atoms. The van der Waals surface area contributed by atoms with Crippen molar-refractivity contribution >= 4 is 12.0 Å². The Hall–Kier alpha value is -1.30. The number of likely N-dealkylation sites (tertiary alicyclic amines) is 1. The summed E-state index contributed by atoms with van der Waals surface area (Å²) in [6.07, 6.45) is 5.59. The van der Waals surface area contributed by atoms with Crippen LogP contribution in [0.4, 0.5) is 4.79 Å². The summed E-state index contributed by atoms with van der Waals surface area (Å²) in [5.41, 5.74) is -1.03. The topological polar surface area (TPSA) is 78.9 Å². The zero-order valence-corrected chi connectivity index (χ0v) is 12.1. The van der Waals surface area contributed by atoms with Crippen LogP contribution in [0.25, 0.3) is 0 Å². The Labute approximate surface area is 119 Å². The lowest BCUT2D eigenvalue weighted by Gasteiger charge is -2.30. The fraction of sp³-hybridized carbons (Fsp3) is 0.857. The van der Waals surface area contributed by atoms with Crippen molar-refractivity contribution in [1.82, 2.24) is 10.2 Å². The summed E-state index contributed by atoms with van der Waals surface area (Å²) in [5, 5.41) is 12.2. The molecule has 0 aromatic heterocycles. The van der Waals surface area contributed by atoms with Crippen LogP contribution in [-0.4, -0.2) is 54.4 Å². The summed E-state index contributed by atoms with van der Waals surface area (Å²) in [6.45, 7) is 3.54. The van der Waals surface area contributed by atoms with Crippen molar-refractivity contribution < 1.29 is 19.4 Å². The van der Waals surface area contributed by atoms with Gasteiger partial charge in [0.15, 0.2) is 0 Å². The Balaban J connectivity index is 1.94. The largest absolute Gasteiger partial charge is 0.481 e. The molecular weight excluding hydrogens is 260 g/mol. The third-order valence-electron chi connectivity index (χ3n) is 4.39. The number of carboxylic acid groups (broad SMARTS) is 1. The SMILES string of the molecule is CC1(C(=O)O)COCC1NC(=O)N1CCCCCCC1. The molecule has 2 atom stereocenters. The van der Waals surface area contributed by atoms with Crippen molar-refractivity contribution in [2.24, 2.45) is 5.41 Å². The predicted octanol–water partition coefficient (Wildman–Crippen LogP) is 1.45. The van der Waals surface area contributed by atoms with Gasteiger partial charge >= 0.3 is 12.0 Å². The molecule has 0 bridgehead atoms. The van der Waals surface area contributed by atoms with E-state index in [9.17, 15) is 14.7 Å². The van der Waals surface area contributed by atoms with Crippen LogP contribution >= 0.6 is 0 Å². The Morgan fingerprint density at radius 2 is 1.80 bits per heavy atom. The summed E-state index contributed by atoms with van der Waals surface area (Å²) in [6, 6.07) is -0.618. The maximum atomic E-state index is 12.3. The first-order valence-electron chi connectivity index (χ1n) is 7.40. The van der Waals surface area contributed by atoms with Gasteiger partial charge in [0.05, 0.1) is 19.3 Å². The Bertz CT molecular complexity index is 366. The lowest BCUT2D eigenvalue weighted by Crippen LogP contribution is -2.53. The highest BCUT2D eigenvalue weighted by Gasteiger charge is 2.47. The third kappa shape index (κ3) is 3.23. The second-order valence-corrected chi connectivity index (χ2v) is 5.99. The van der Waals surface area contributed by atoms with Crippen LogP contribution in [0, 0.1) is 5.41 Å². The zero-order chi connectivity index (χ0) is 14.6. The number of ether oxygens (including phenoxy) is 1. The minimum absolute atomic E-state index is 0.146. The van der Waals surface area contributed by atoms with E-state index in [0.29, 0.717) is 0 Å². The lowest BCUT2D eigenvalue weighted by molar-refractivity contribution is -0.148. The van der Waals surface area contributed by atoms with Gasteiger partial charge < -0.3 is 20.1 Å². The van der Waals surface area contributed by atoms with E-state index in [1.807, 2.05) is 0 Å². The molecule has 6 nitrogen and oxygen atoms in total. The van der Waals surface area contributed by atoms with Crippen LogP contribution in [0.3, 0.4) is 0 Å². The molecule has 2 aliphatic rings. The molecule has 0 aromatic carbocycles. The van der Waals surface area contributed by atoms with Crippen molar-refractivity contribution in [3.05, 3.63) is 0 Å². The highest BCUT2D eigenvalue weighted by atomic mass is 16.5. The molecule has 2 rings (SSSR count). The number of nitrogens with one attached hydrogen (secondary N) is 1. The molecule has 2 saturated heterocycles. The van der Waals surface area contributed by atoms with Crippen molar-refractivity contribution in [2.75, 3.05) is 26.3 Å². The standard InChI is InChI=1S/C14H24N2O4/c1-14(12(17)18)10-20-9-11(14)15-13(19)16-7-5-3-2-4-6-8-16/h11H,2-10H2,1H3,(H,15,19)(H,17,18). The Morgan fingerprint density at radius 1 is 1.20 bits per heavy atom. The molecule has 0 saturated carbocycles. The van der Waals surface area contributed by atoms with Crippen molar-refractivity contribution in [3.8, 4) is 0 Å². The number of aliphatic carboxylic acids is 1. The highest BCUT2D eigenvalue weighted by Crippen LogP contribution is 2.28.